The average molecular weight is 222 g/mol. The maximum absolute atomic E-state index is 13.1. The highest BCUT2D eigenvalue weighted by atomic mass is 19.1. The summed E-state index contributed by atoms with van der Waals surface area (Å²) in [6, 6.07) is 1.62. The number of phenolic OH excluding ortho intramolecular Hbond substituents is 1. The number of hydrogen-bond donors (Lipinski definition) is 1. The Bertz CT molecular complexity index is 526. The number of aryl methyl sites for hydroxylation is 1. The van der Waals surface area contributed by atoms with Crippen molar-refractivity contribution >= 4 is 0 Å². The van der Waals surface area contributed by atoms with Gasteiger partial charge in [0.15, 0.2) is 11.6 Å². The fourth-order valence-electron chi connectivity index (χ4n) is 1.29. The molecule has 5 heteroatoms. The van der Waals surface area contributed by atoms with E-state index in [9.17, 15) is 13.9 Å². The first-order valence-electron chi connectivity index (χ1n) is 4.55. The van der Waals surface area contributed by atoms with Crippen molar-refractivity contribution in [3.63, 3.8) is 0 Å². The molecule has 0 radical (unpaired) electrons. The summed E-state index contributed by atoms with van der Waals surface area (Å²) in [5.41, 5.74) is 0.895. The third-order valence-electron chi connectivity index (χ3n) is 2.09. The van der Waals surface area contributed by atoms with Crippen LogP contribution in [0.1, 0.15) is 5.69 Å². The number of nitrogens with zero attached hydrogens (tertiary/aromatic N) is 2. The van der Waals surface area contributed by atoms with Crippen LogP contribution in [0.25, 0.3) is 11.3 Å². The molecule has 1 heterocycles. The van der Waals surface area contributed by atoms with Crippen LogP contribution < -0.4 is 0 Å². The van der Waals surface area contributed by atoms with Gasteiger partial charge in [0.2, 0.25) is 0 Å². The monoisotopic (exact) mass is 222 g/mol. The van der Waals surface area contributed by atoms with Gasteiger partial charge in [0.25, 0.3) is 0 Å². The molecule has 82 valence electrons. The quantitative estimate of drug-likeness (QED) is 0.806. The lowest BCUT2D eigenvalue weighted by Gasteiger charge is -2.05. The van der Waals surface area contributed by atoms with E-state index in [4.69, 9.17) is 0 Å². The Kier molecular flexibility index (Phi) is 2.52. The summed E-state index contributed by atoms with van der Waals surface area (Å²) in [6.45, 7) is 1.74. The van der Waals surface area contributed by atoms with Crippen LogP contribution in [0.4, 0.5) is 8.78 Å². The standard InChI is InChI=1S/C11H8F2N2O/c1-6-4-15-10(5-14-6)8-2-7(12)3-9(13)11(8)16/h2-5,16H,1H3. The molecule has 16 heavy (non-hydrogen) atoms. The second-order valence-electron chi connectivity index (χ2n) is 3.33. The Balaban J connectivity index is 2.59. The lowest BCUT2D eigenvalue weighted by Crippen LogP contribution is -1.91. The van der Waals surface area contributed by atoms with Crippen molar-refractivity contribution in [1.82, 2.24) is 9.97 Å². The maximum Gasteiger partial charge on any atom is 0.168 e. The van der Waals surface area contributed by atoms with E-state index in [1.54, 1.807) is 6.92 Å². The number of halogens is 2. The Morgan fingerprint density at radius 2 is 1.88 bits per heavy atom. The van der Waals surface area contributed by atoms with Crippen molar-refractivity contribution in [3.05, 3.63) is 41.9 Å². The molecule has 1 aromatic heterocycles. The Morgan fingerprint density at radius 1 is 1.12 bits per heavy atom. The number of aromatic hydroxyl groups is 1. The normalized spacial score (nSPS) is 10.4. The Labute approximate surface area is 90.4 Å². The molecule has 2 rings (SSSR count). The van der Waals surface area contributed by atoms with Crippen molar-refractivity contribution in [3.8, 4) is 17.0 Å². The summed E-state index contributed by atoms with van der Waals surface area (Å²) in [5.74, 6) is -2.41. The number of rotatable bonds is 1. The van der Waals surface area contributed by atoms with E-state index < -0.39 is 17.4 Å². The molecule has 0 saturated carbocycles. The Morgan fingerprint density at radius 3 is 2.50 bits per heavy atom. The minimum Gasteiger partial charge on any atom is -0.504 e. The first-order chi connectivity index (χ1) is 7.58. The fraction of sp³-hybridized carbons (Fsp3) is 0.0909. The van der Waals surface area contributed by atoms with Crippen molar-refractivity contribution in [2.45, 2.75) is 6.92 Å². The number of aromatic nitrogens is 2. The van der Waals surface area contributed by atoms with Gasteiger partial charge in [-0.3, -0.25) is 9.97 Å². The predicted molar refractivity (Wildman–Crippen MR) is 53.8 cm³/mol. The summed E-state index contributed by atoms with van der Waals surface area (Å²) < 4.78 is 26.0. The van der Waals surface area contributed by atoms with Gasteiger partial charge in [0, 0.05) is 17.8 Å². The van der Waals surface area contributed by atoms with Crippen LogP contribution in [-0.4, -0.2) is 15.1 Å². The maximum atomic E-state index is 13.1. The summed E-state index contributed by atoms with van der Waals surface area (Å²) in [5, 5.41) is 9.44. The number of phenols is 1. The molecule has 0 aliphatic heterocycles. The highest BCUT2D eigenvalue weighted by Crippen LogP contribution is 2.30. The zero-order valence-electron chi connectivity index (χ0n) is 8.41. The smallest absolute Gasteiger partial charge is 0.168 e. The van der Waals surface area contributed by atoms with Crippen molar-refractivity contribution in [2.75, 3.05) is 0 Å². The molecule has 0 bridgehead atoms. The van der Waals surface area contributed by atoms with Crippen LogP contribution in [-0.2, 0) is 0 Å². The molecule has 0 amide bonds. The molecule has 0 atom stereocenters. The number of benzene rings is 1. The largest absolute Gasteiger partial charge is 0.504 e. The van der Waals surface area contributed by atoms with Gasteiger partial charge in [-0.05, 0) is 13.0 Å². The SMILES string of the molecule is Cc1cnc(-c2cc(F)cc(F)c2O)cn1. The summed E-state index contributed by atoms with van der Waals surface area (Å²) in [4.78, 5) is 7.87. The molecule has 0 saturated heterocycles. The molecule has 1 N–H and O–H groups in total. The average Bonchev–Trinajstić information content (AvgIpc) is 2.25. The van der Waals surface area contributed by atoms with E-state index in [1.807, 2.05) is 0 Å². The second kappa shape index (κ2) is 3.84. The highest BCUT2D eigenvalue weighted by molar-refractivity contribution is 5.66. The van der Waals surface area contributed by atoms with Crippen LogP contribution >= 0.6 is 0 Å². The zero-order valence-corrected chi connectivity index (χ0v) is 8.41. The van der Waals surface area contributed by atoms with Crippen LogP contribution in [0.5, 0.6) is 5.75 Å². The van der Waals surface area contributed by atoms with Crippen molar-refractivity contribution in [2.24, 2.45) is 0 Å². The molecule has 0 fully saturated rings. The zero-order chi connectivity index (χ0) is 11.7. The highest BCUT2D eigenvalue weighted by Gasteiger charge is 2.12. The third-order valence-corrected chi connectivity index (χ3v) is 2.09. The fourth-order valence-corrected chi connectivity index (χ4v) is 1.29. The van der Waals surface area contributed by atoms with Gasteiger partial charge < -0.3 is 5.11 Å². The Hall–Kier alpha value is -2.04. The molecular weight excluding hydrogens is 214 g/mol. The van der Waals surface area contributed by atoms with Crippen molar-refractivity contribution < 1.29 is 13.9 Å². The molecule has 2 aromatic rings. The minimum atomic E-state index is -1.02. The molecule has 0 aliphatic rings. The van der Waals surface area contributed by atoms with Gasteiger partial charge in [-0.15, -0.1) is 0 Å². The van der Waals surface area contributed by atoms with E-state index in [-0.39, 0.29) is 11.3 Å². The molecule has 0 spiro atoms. The molecule has 0 aliphatic carbocycles. The van der Waals surface area contributed by atoms with E-state index in [0.29, 0.717) is 11.8 Å². The first-order valence-corrected chi connectivity index (χ1v) is 4.55. The molecule has 1 aromatic carbocycles. The third kappa shape index (κ3) is 1.84. The van der Waals surface area contributed by atoms with Crippen LogP contribution in [0.15, 0.2) is 24.5 Å². The van der Waals surface area contributed by atoms with Crippen LogP contribution in [0, 0.1) is 18.6 Å². The summed E-state index contributed by atoms with van der Waals surface area (Å²) in [7, 11) is 0. The number of hydrogen-bond acceptors (Lipinski definition) is 3. The van der Waals surface area contributed by atoms with Gasteiger partial charge in [-0.25, -0.2) is 8.78 Å². The van der Waals surface area contributed by atoms with Gasteiger partial charge in [-0.1, -0.05) is 0 Å². The molecule has 0 unspecified atom stereocenters. The van der Waals surface area contributed by atoms with Gasteiger partial charge >= 0.3 is 0 Å². The lowest BCUT2D eigenvalue weighted by atomic mass is 10.1. The van der Waals surface area contributed by atoms with E-state index in [0.717, 1.165) is 6.07 Å². The van der Waals surface area contributed by atoms with E-state index in [2.05, 4.69) is 9.97 Å². The lowest BCUT2D eigenvalue weighted by molar-refractivity contribution is 0.430. The van der Waals surface area contributed by atoms with E-state index in [1.165, 1.54) is 12.4 Å². The van der Waals surface area contributed by atoms with Crippen LogP contribution in [0.3, 0.4) is 0 Å². The van der Waals surface area contributed by atoms with E-state index >= 15 is 0 Å². The minimum absolute atomic E-state index is 0.00926. The summed E-state index contributed by atoms with van der Waals surface area (Å²) >= 11 is 0. The first kappa shape index (κ1) is 10.5. The molecule has 3 nitrogen and oxygen atoms in total. The molecular formula is C11H8F2N2O. The summed E-state index contributed by atoms with van der Waals surface area (Å²) in [6.07, 6.45) is 2.81. The second-order valence-corrected chi connectivity index (χ2v) is 3.33. The van der Waals surface area contributed by atoms with Crippen molar-refractivity contribution in [1.29, 1.82) is 0 Å². The van der Waals surface area contributed by atoms with Crippen LogP contribution in [0.2, 0.25) is 0 Å². The predicted octanol–water partition coefficient (Wildman–Crippen LogP) is 2.44. The van der Waals surface area contributed by atoms with Gasteiger partial charge in [-0.2, -0.15) is 0 Å². The van der Waals surface area contributed by atoms with Gasteiger partial charge in [0.1, 0.15) is 5.82 Å². The van der Waals surface area contributed by atoms with Gasteiger partial charge in [0.05, 0.1) is 17.6 Å². The topological polar surface area (TPSA) is 46.0 Å².